The van der Waals surface area contributed by atoms with Crippen LogP contribution in [0.25, 0.3) is 0 Å². The van der Waals surface area contributed by atoms with Gasteiger partial charge in [-0.1, -0.05) is 24.8 Å². The van der Waals surface area contributed by atoms with Gasteiger partial charge in [0.2, 0.25) is 5.91 Å². The molecule has 0 N–H and O–H groups in total. The lowest BCUT2D eigenvalue weighted by atomic mass is 9.88. The molecule has 2 atom stereocenters. The maximum absolute atomic E-state index is 12.5. The summed E-state index contributed by atoms with van der Waals surface area (Å²) in [4.78, 5) is 31.5. The molecule has 4 aliphatic rings. The molecule has 2 fully saturated rings. The number of aryl methyl sites for hydroxylation is 1. The maximum Gasteiger partial charge on any atom is 0.318 e. The Labute approximate surface area is 249 Å². The number of piperazine rings is 1. The van der Waals surface area contributed by atoms with Crippen molar-refractivity contribution in [2.45, 2.75) is 63.5 Å². The summed E-state index contributed by atoms with van der Waals surface area (Å²) in [6.07, 6.45) is 9.05. The molecular formula is C33H43N7O2. The summed E-state index contributed by atoms with van der Waals surface area (Å²) in [6, 6.07) is 11.7. The van der Waals surface area contributed by atoms with Gasteiger partial charge in [-0.25, -0.2) is 0 Å². The van der Waals surface area contributed by atoms with Crippen molar-refractivity contribution in [3.05, 3.63) is 53.7 Å². The number of aromatic nitrogens is 2. The van der Waals surface area contributed by atoms with Crippen molar-refractivity contribution in [1.82, 2.24) is 19.8 Å². The highest BCUT2D eigenvalue weighted by atomic mass is 16.5. The van der Waals surface area contributed by atoms with Gasteiger partial charge in [0.1, 0.15) is 5.82 Å². The molecule has 1 unspecified atom stereocenters. The quantitative estimate of drug-likeness (QED) is 0.423. The molecule has 1 saturated heterocycles. The van der Waals surface area contributed by atoms with Crippen molar-refractivity contribution in [3.63, 3.8) is 0 Å². The minimum atomic E-state index is -0.208. The van der Waals surface area contributed by atoms with E-state index in [1.54, 1.807) is 4.90 Å². The topological polar surface area (TPSA) is 88.8 Å². The number of benzene rings is 1. The number of carbonyl (C=O) groups is 1. The molecule has 42 heavy (non-hydrogen) atoms. The van der Waals surface area contributed by atoms with Crippen LogP contribution in [0.1, 0.15) is 48.9 Å². The van der Waals surface area contributed by atoms with E-state index in [1.165, 1.54) is 29.3 Å². The van der Waals surface area contributed by atoms with Crippen LogP contribution in [0.3, 0.4) is 0 Å². The SMILES string of the molecule is C=CC(=O)N1CCN(c2nc(OCC3(CN(C)C)CC3)nc3c2CCC(N2CCCc4ccccc42)C3)C[C@@H]1CC#N. The molecule has 1 aromatic heterocycles. The molecule has 0 radical (unpaired) electrons. The largest absolute Gasteiger partial charge is 0.463 e. The van der Waals surface area contributed by atoms with Crippen LogP contribution >= 0.6 is 0 Å². The summed E-state index contributed by atoms with van der Waals surface area (Å²) in [6.45, 7) is 8.09. The Morgan fingerprint density at radius 2 is 2.05 bits per heavy atom. The van der Waals surface area contributed by atoms with E-state index in [0.29, 0.717) is 38.3 Å². The van der Waals surface area contributed by atoms with Gasteiger partial charge in [-0.3, -0.25) is 4.79 Å². The fourth-order valence-electron chi connectivity index (χ4n) is 7.24. The number of amides is 1. The van der Waals surface area contributed by atoms with Crippen molar-refractivity contribution in [2.24, 2.45) is 5.41 Å². The first-order valence-corrected chi connectivity index (χ1v) is 15.5. The number of carbonyl (C=O) groups excluding carboxylic acids is 1. The van der Waals surface area contributed by atoms with Gasteiger partial charge in [-0.2, -0.15) is 15.2 Å². The van der Waals surface area contributed by atoms with E-state index in [0.717, 1.165) is 63.1 Å². The van der Waals surface area contributed by atoms with Gasteiger partial charge >= 0.3 is 6.01 Å². The van der Waals surface area contributed by atoms with Crippen LogP contribution in [-0.2, 0) is 24.1 Å². The second-order valence-electron chi connectivity index (χ2n) is 12.8. The predicted octanol–water partition coefficient (Wildman–Crippen LogP) is 3.62. The number of nitrogens with zero attached hydrogens (tertiary/aromatic N) is 7. The monoisotopic (exact) mass is 569 g/mol. The smallest absolute Gasteiger partial charge is 0.318 e. The van der Waals surface area contributed by atoms with E-state index in [2.05, 4.69) is 65.7 Å². The number of rotatable bonds is 9. The van der Waals surface area contributed by atoms with Crippen LogP contribution in [0.4, 0.5) is 11.5 Å². The average molecular weight is 570 g/mol. The summed E-state index contributed by atoms with van der Waals surface area (Å²) < 4.78 is 6.40. The Hall–Kier alpha value is -3.64. The first-order chi connectivity index (χ1) is 20.4. The first kappa shape index (κ1) is 28.5. The zero-order valence-electron chi connectivity index (χ0n) is 25.1. The Morgan fingerprint density at radius 1 is 1.21 bits per heavy atom. The molecule has 1 saturated carbocycles. The van der Waals surface area contributed by atoms with Gasteiger partial charge in [-0.05, 0) is 70.3 Å². The van der Waals surface area contributed by atoms with Gasteiger partial charge < -0.3 is 24.3 Å². The summed E-state index contributed by atoms with van der Waals surface area (Å²) in [5.74, 6) is 0.794. The number of nitriles is 1. The Morgan fingerprint density at radius 3 is 2.81 bits per heavy atom. The van der Waals surface area contributed by atoms with Gasteiger partial charge in [-0.15, -0.1) is 0 Å². The molecule has 2 aliphatic heterocycles. The third-order valence-corrected chi connectivity index (χ3v) is 9.48. The lowest BCUT2D eigenvalue weighted by Crippen LogP contribution is -2.55. The molecule has 1 amide bonds. The molecule has 9 nitrogen and oxygen atoms in total. The fourth-order valence-corrected chi connectivity index (χ4v) is 7.24. The minimum absolute atomic E-state index is 0.121. The van der Waals surface area contributed by atoms with E-state index in [-0.39, 0.29) is 23.8 Å². The molecule has 0 spiro atoms. The maximum atomic E-state index is 12.5. The number of fused-ring (bicyclic) bond motifs is 2. The highest BCUT2D eigenvalue weighted by Gasteiger charge is 2.44. The van der Waals surface area contributed by atoms with Crippen molar-refractivity contribution in [2.75, 3.05) is 63.2 Å². The summed E-state index contributed by atoms with van der Waals surface area (Å²) in [7, 11) is 4.22. The third-order valence-electron chi connectivity index (χ3n) is 9.48. The van der Waals surface area contributed by atoms with Crippen LogP contribution in [0.5, 0.6) is 6.01 Å². The van der Waals surface area contributed by atoms with Crippen LogP contribution in [0, 0.1) is 16.7 Å². The lowest BCUT2D eigenvalue weighted by molar-refractivity contribution is -0.128. The Bertz CT molecular complexity index is 1360. The van der Waals surface area contributed by atoms with Gasteiger partial charge in [0.15, 0.2) is 0 Å². The van der Waals surface area contributed by atoms with Crippen molar-refractivity contribution in [3.8, 4) is 12.1 Å². The van der Waals surface area contributed by atoms with Crippen LogP contribution < -0.4 is 14.5 Å². The van der Waals surface area contributed by atoms with E-state index in [9.17, 15) is 10.1 Å². The molecule has 2 aliphatic carbocycles. The molecule has 0 bridgehead atoms. The van der Waals surface area contributed by atoms with Crippen LogP contribution in [-0.4, -0.2) is 91.2 Å². The van der Waals surface area contributed by atoms with Crippen molar-refractivity contribution < 1.29 is 9.53 Å². The first-order valence-electron chi connectivity index (χ1n) is 15.5. The number of anilines is 2. The van der Waals surface area contributed by atoms with Crippen LogP contribution in [0.2, 0.25) is 0 Å². The van der Waals surface area contributed by atoms with Gasteiger partial charge in [0, 0.05) is 61.9 Å². The van der Waals surface area contributed by atoms with Crippen LogP contribution in [0.15, 0.2) is 36.9 Å². The second-order valence-corrected chi connectivity index (χ2v) is 12.8. The summed E-state index contributed by atoms with van der Waals surface area (Å²) >= 11 is 0. The van der Waals surface area contributed by atoms with E-state index in [4.69, 9.17) is 14.7 Å². The lowest BCUT2D eigenvalue weighted by Gasteiger charge is -2.43. The fraction of sp³-hybridized carbons (Fsp3) is 0.576. The summed E-state index contributed by atoms with van der Waals surface area (Å²) in [5, 5.41) is 9.53. The normalized spacial score (nSPS) is 22.7. The number of ether oxygens (including phenoxy) is 1. The molecule has 222 valence electrons. The zero-order valence-corrected chi connectivity index (χ0v) is 25.1. The van der Waals surface area contributed by atoms with E-state index < -0.39 is 0 Å². The van der Waals surface area contributed by atoms with Gasteiger partial charge in [0.25, 0.3) is 0 Å². The van der Waals surface area contributed by atoms with Crippen molar-refractivity contribution in [1.29, 1.82) is 5.26 Å². The molecular weight excluding hydrogens is 526 g/mol. The predicted molar refractivity (Wildman–Crippen MR) is 164 cm³/mol. The zero-order chi connectivity index (χ0) is 29.3. The number of hydrogen-bond donors (Lipinski definition) is 0. The van der Waals surface area contributed by atoms with E-state index in [1.807, 2.05) is 0 Å². The highest BCUT2D eigenvalue weighted by molar-refractivity contribution is 5.87. The molecule has 6 rings (SSSR count). The molecule has 3 heterocycles. The Kier molecular flexibility index (Phi) is 8.09. The average Bonchev–Trinajstić information content (AvgIpc) is 3.77. The van der Waals surface area contributed by atoms with E-state index >= 15 is 0 Å². The van der Waals surface area contributed by atoms with Crippen molar-refractivity contribution >= 4 is 17.4 Å². The minimum Gasteiger partial charge on any atom is -0.463 e. The third kappa shape index (κ3) is 5.82. The number of hydrogen-bond acceptors (Lipinski definition) is 8. The second kappa shape index (κ2) is 11.9. The van der Waals surface area contributed by atoms with Gasteiger partial charge in [0.05, 0.1) is 30.8 Å². The molecule has 1 aromatic carbocycles. The number of para-hydroxylation sites is 1. The standard InChI is InChI=1S/C33H43N7O2/c1-4-30(41)40-19-18-38(21-26(40)13-16-34)31-27-12-11-25(39-17-7-9-24-8-5-6-10-29(24)39)20-28(27)35-32(36-31)42-23-33(14-15-33)22-37(2)3/h4-6,8,10,25-26H,1,7,9,11-15,17-23H2,2-3H3/t25?,26-/m0/s1. The molecule has 2 aromatic rings. The summed E-state index contributed by atoms with van der Waals surface area (Å²) in [5.41, 5.74) is 5.25. The molecule has 9 heteroatoms. The highest BCUT2D eigenvalue weighted by Crippen LogP contribution is 2.46. The Balaban J connectivity index is 1.29.